The monoisotopic (exact) mass is 601 g/mol. The number of amides is 1. The molecule has 0 radical (unpaired) electrons. The number of carbonyl (C=O) groups excluding carboxylic acids is 1. The Morgan fingerprint density at radius 1 is 0.806 bits per heavy atom. The van der Waals surface area contributed by atoms with Gasteiger partial charge in [0.05, 0.1) is 0 Å². The molecule has 0 aliphatic heterocycles. The van der Waals surface area contributed by atoms with Crippen molar-refractivity contribution in [3.8, 4) is 5.75 Å². The molecule has 36 heavy (non-hydrogen) atoms. The molecule has 200 valence electrons. The number of ether oxygens (including phenoxy) is 1. The van der Waals surface area contributed by atoms with E-state index in [9.17, 15) is 4.79 Å². The Kier molecular flexibility index (Phi) is 13.4. The standard InChI is InChI=1S/C20H24NO2.3C4H9.Sn/c1-4-20(5-2,16-11-7-6-8-12-16)15-21-19(22)17-13-9-10-14-18(17)23-3;3*1-3-4-2;/h7-14H,4-5,15H2,1-3H3,(H,21,22);3*1,3-4H2,2H3;. The van der Waals surface area contributed by atoms with E-state index in [1.54, 1.807) is 10.7 Å². The Balaban J connectivity index is 2.32. The maximum absolute atomic E-state index is 13.0. The zero-order valence-corrected chi connectivity index (χ0v) is 26.8. The topological polar surface area (TPSA) is 38.3 Å². The van der Waals surface area contributed by atoms with Crippen molar-refractivity contribution >= 4 is 27.9 Å². The summed E-state index contributed by atoms with van der Waals surface area (Å²) in [4.78, 5) is 13.0. The van der Waals surface area contributed by atoms with E-state index in [4.69, 9.17) is 4.74 Å². The molecule has 0 spiro atoms. The van der Waals surface area contributed by atoms with E-state index >= 15 is 0 Å². The van der Waals surface area contributed by atoms with Crippen LogP contribution in [0.1, 0.15) is 102 Å². The van der Waals surface area contributed by atoms with E-state index in [-0.39, 0.29) is 11.3 Å². The third-order valence-corrected chi connectivity index (χ3v) is 24.1. The van der Waals surface area contributed by atoms with Gasteiger partial charge in [-0.3, -0.25) is 0 Å². The summed E-state index contributed by atoms with van der Waals surface area (Å²) in [5.41, 5.74) is 1.89. The molecule has 0 atom stereocenters. The summed E-state index contributed by atoms with van der Waals surface area (Å²) in [6.45, 7) is 12.2. The number of hydrogen-bond donors (Lipinski definition) is 1. The van der Waals surface area contributed by atoms with Gasteiger partial charge in [0, 0.05) is 0 Å². The van der Waals surface area contributed by atoms with Crippen LogP contribution in [0, 0.1) is 0 Å². The van der Waals surface area contributed by atoms with Crippen LogP contribution in [-0.2, 0) is 5.41 Å². The molecule has 2 aromatic rings. The van der Waals surface area contributed by atoms with Crippen molar-refractivity contribution in [2.24, 2.45) is 0 Å². The van der Waals surface area contributed by atoms with Gasteiger partial charge < -0.3 is 0 Å². The minimum atomic E-state index is -2.43. The molecule has 2 rings (SSSR count). The number of rotatable bonds is 17. The van der Waals surface area contributed by atoms with Crippen LogP contribution < -0.4 is 13.6 Å². The first-order valence-electron chi connectivity index (χ1n) is 14.5. The molecule has 0 saturated carbocycles. The maximum atomic E-state index is 13.0. The van der Waals surface area contributed by atoms with Crippen molar-refractivity contribution in [1.82, 2.24) is 5.32 Å². The van der Waals surface area contributed by atoms with Gasteiger partial charge in [-0.15, -0.1) is 0 Å². The van der Waals surface area contributed by atoms with Crippen molar-refractivity contribution in [1.29, 1.82) is 0 Å². The molecule has 4 heteroatoms. The summed E-state index contributed by atoms with van der Waals surface area (Å²) in [5, 5.41) is 3.24. The van der Waals surface area contributed by atoms with Gasteiger partial charge >= 0.3 is 226 Å². The molecule has 0 aliphatic rings. The van der Waals surface area contributed by atoms with Gasteiger partial charge in [0.25, 0.3) is 0 Å². The Hall–Kier alpha value is -1.49. The molecule has 0 unspecified atom stereocenters. The van der Waals surface area contributed by atoms with Crippen molar-refractivity contribution < 1.29 is 9.53 Å². The van der Waals surface area contributed by atoms with Gasteiger partial charge in [-0.1, -0.05) is 0 Å². The summed E-state index contributed by atoms with van der Waals surface area (Å²) in [6.07, 6.45) is 10.0. The SMILES string of the molecule is CCC[CH2][Sn]([CH2]CCC)([CH2]CCC)[c]1ccc(C(CC)(CC)CNC(=O)c2ccccc2OC)cc1. The minimum absolute atomic E-state index is 0.0648. The molecular formula is C32H51NO2Sn. The summed E-state index contributed by atoms with van der Waals surface area (Å²) < 4.78 is 11.6. The second-order valence-electron chi connectivity index (χ2n) is 10.5. The molecular weight excluding hydrogens is 549 g/mol. The summed E-state index contributed by atoms with van der Waals surface area (Å²) in [7, 11) is 1.61. The Bertz CT molecular complexity index is 883. The molecule has 0 aromatic heterocycles. The van der Waals surface area contributed by atoms with E-state index in [0.29, 0.717) is 17.9 Å². The second-order valence-corrected chi connectivity index (χ2v) is 23.8. The fourth-order valence-corrected chi connectivity index (χ4v) is 21.6. The molecule has 0 fully saturated rings. The van der Waals surface area contributed by atoms with Crippen LogP contribution in [0.3, 0.4) is 0 Å². The van der Waals surface area contributed by atoms with Crippen molar-refractivity contribution in [3.05, 3.63) is 59.7 Å². The molecule has 1 amide bonds. The number of unbranched alkanes of at least 4 members (excludes halogenated alkanes) is 3. The molecule has 2 aromatic carbocycles. The third kappa shape index (κ3) is 7.76. The number of benzene rings is 2. The van der Waals surface area contributed by atoms with Crippen LogP contribution >= 0.6 is 0 Å². The van der Waals surface area contributed by atoms with Crippen LogP contribution in [0.5, 0.6) is 5.75 Å². The van der Waals surface area contributed by atoms with Crippen LogP contribution in [0.2, 0.25) is 13.3 Å². The van der Waals surface area contributed by atoms with E-state index in [1.807, 2.05) is 24.3 Å². The Labute approximate surface area is 225 Å². The first kappa shape index (κ1) is 30.7. The molecule has 0 aliphatic carbocycles. The van der Waals surface area contributed by atoms with E-state index in [2.05, 4.69) is 64.2 Å². The van der Waals surface area contributed by atoms with Gasteiger partial charge in [-0.05, 0) is 0 Å². The summed E-state index contributed by atoms with van der Waals surface area (Å²) in [5.74, 6) is 0.553. The van der Waals surface area contributed by atoms with E-state index < -0.39 is 18.4 Å². The molecule has 3 nitrogen and oxygen atoms in total. The van der Waals surface area contributed by atoms with Gasteiger partial charge in [-0.2, -0.15) is 0 Å². The van der Waals surface area contributed by atoms with Gasteiger partial charge in [0.15, 0.2) is 0 Å². The fraction of sp³-hybridized carbons (Fsp3) is 0.594. The first-order valence-corrected chi connectivity index (χ1v) is 22.0. The van der Waals surface area contributed by atoms with Crippen LogP contribution in [0.15, 0.2) is 48.5 Å². The molecule has 1 N–H and O–H groups in total. The normalized spacial score (nSPS) is 11.9. The van der Waals surface area contributed by atoms with Gasteiger partial charge in [0.2, 0.25) is 0 Å². The first-order chi connectivity index (χ1) is 17.5. The van der Waals surface area contributed by atoms with E-state index in [0.717, 1.165) is 12.8 Å². The Morgan fingerprint density at radius 3 is 1.81 bits per heavy atom. The Morgan fingerprint density at radius 2 is 1.33 bits per heavy atom. The van der Waals surface area contributed by atoms with Crippen LogP contribution in [0.25, 0.3) is 0 Å². The average Bonchev–Trinajstić information content (AvgIpc) is 2.93. The fourth-order valence-electron chi connectivity index (χ4n) is 5.72. The predicted octanol–water partition coefficient (Wildman–Crippen LogP) is 8.24. The molecule has 0 saturated heterocycles. The number of methoxy groups -OCH3 is 1. The van der Waals surface area contributed by atoms with Gasteiger partial charge in [-0.25, -0.2) is 0 Å². The molecule has 0 heterocycles. The number of hydrogen-bond acceptors (Lipinski definition) is 2. The quantitative estimate of drug-likeness (QED) is 0.186. The number of nitrogens with one attached hydrogen (secondary N) is 1. The van der Waals surface area contributed by atoms with E-state index in [1.165, 1.54) is 57.4 Å². The number of para-hydroxylation sites is 1. The van der Waals surface area contributed by atoms with Crippen molar-refractivity contribution in [2.75, 3.05) is 13.7 Å². The third-order valence-electron chi connectivity index (χ3n) is 8.43. The van der Waals surface area contributed by atoms with Crippen molar-refractivity contribution in [3.63, 3.8) is 0 Å². The average molecular weight is 600 g/mol. The zero-order chi connectivity index (χ0) is 26.4. The van der Waals surface area contributed by atoms with Gasteiger partial charge in [0.1, 0.15) is 0 Å². The predicted molar refractivity (Wildman–Crippen MR) is 159 cm³/mol. The van der Waals surface area contributed by atoms with Crippen LogP contribution in [0.4, 0.5) is 0 Å². The summed E-state index contributed by atoms with van der Waals surface area (Å²) in [6, 6.07) is 17.3. The number of carbonyl (C=O) groups is 1. The zero-order valence-electron chi connectivity index (χ0n) is 23.9. The summed E-state index contributed by atoms with van der Waals surface area (Å²) >= 11 is -2.43. The molecule has 0 bridgehead atoms. The van der Waals surface area contributed by atoms with Crippen LogP contribution in [-0.4, -0.2) is 37.9 Å². The second kappa shape index (κ2) is 15.7. The van der Waals surface area contributed by atoms with Crippen molar-refractivity contribution in [2.45, 2.75) is 105 Å².